The van der Waals surface area contributed by atoms with E-state index in [0.29, 0.717) is 34.9 Å². The van der Waals surface area contributed by atoms with Crippen molar-refractivity contribution in [1.82, 2.24) is 4.90 Å². The second-order valence-corrected chi connectivity index (χ2v) is 9.42. The molecule has 0 saturated heterocycles. The topological polar surface area (TPSA) is 68.3 Å². The summed E-state index contributed by atoms with van der Waals surface area (Å²) < 4.78 is 16.4. The van der Waals surface area contributed by atoms with E-state index in [2.05, 4.69) is 26.0 Å². The molecule has 1 aliphatic heterocycles. The minimum absolute atomic E-state index is 0.0789. The number of nitrogens with zero attached hydrogens (tertiary/aromatic N) is 2. The van der Waals surface area contributed by atoms with Crippen LogP contribution in [0.1, 0.15) is 59.3 Å². The summed E-state index contributed by atoms with van der Waals surface area (Å²) in [6, 6.07) is 18.6. The molecule has 3 aromatic carbocycles. The number of fused-ring (bicyclic) bond motifs is 1. The summed E-state index contributed by atoms with van der Waals surface area (Å²) in [5.74, 6) is 0.701. The Kier molecular flexibility index (Phi) is 8.25. The van der Waals surface area contributed by atoms with Gasteiger partial charge in [0, 0.05) is 24.8 Å². The maximum absolute atomic E-state index is 14.6. The van der Waals surface area contributed by atoms with Gasteiger partial charge in [-0.3, -0.25) is 9.59 Å². The summed E-state index contributed by atoms with van der Waals surface area (Å²) in [5, 5.41) is 0. The molecule has 1 heterocycles. The van der Waals surface area contributed by atoms with Crippen LogP contribution in [0.3, 0.4) is 0 Å². The van der Waals surface area contributed by atoms with Gasteiger partial charge in [0.25, 0.3) is 5.91 Å². The SMILES string of the molecule is CCCN(C(=O)[C@H]1c2cc(OC)c(OC)cc2C(=O)N(C)[C@@H]1c1ccc(OC)cc1)c1ccc(CC)cc1. The number of benzene rings is 3. The predicted octanol–water partition coefficient (Wildman–Crippen LogP) is 5.63. The fraction of sp³-hybridized carbons (Fsp3) is 0.355. The Bertz CT molecular complexity index is 1290. The van der Waals surface area contributed by atoms with Crippen LogP contribution in [-0.2, 0) is 11.2 Å². The monoisotopic (exact) mass is 516 g/mol. The third kappa shape index (κ3) is 4.93. The molecule has 0 aliphatic carbocycles. The molecule has 0 radical (unpaired) electrons. The van der Waals surface area contributed by atoms with Crippen molar-refractivity contribution >= 4 is 17.5 Å². The predicted molar refractivity (Wildman–Crippen MR) is 149 cm³/mol. The van der Waals surface area contributed by atoms with Crippen molar-refractivity contribution in [2.24, 2.45) is 0 Å². The molecule has 4 rings (SSSR count). The van der Waals surface area contributed by atoms with Crippen molar-refractivity contribution in [2.75, 3.05) is 39.8 Å². The third-order valence-electron chi connectivity index (χ3n) is 7.27. The Hall–Kier alpha value is -4.00. The van der Waals surface area contributed by atoms with Crippen LogP contribution in [0.4, 0.5) is 5.69 Å². The highest BCUT2D eigenvalue weighted by molar-refractivity contribution is 6.05. The van der Waals surface area contributed by atoms with E-state index < -0.39 is 12.0 Å². The molecule has 3 aromatic rings. The van der Waals surface area contributed by atoms with Gasteiger partial charge in [0.1, 0.15) is 5.75 Å². The zero-order valence-electron chi connectivity index (χ0n) is 23.0. The number of methoxy groups -OCH3 is 3. The number of carbonyl (C=O) groups is 2. The van der Waals surface area contributed by atoms with Crippen LogP contribution in [0.2, 0.25) is 0 Å². The number of hydrogen-bond acceptors (Lipinski definition) is 5. The molecule has 2 atom stereocenters. The zero-order chi connectivity index (χ0) is 27.4. The molecule has 0 spiro atoms. The van der Waals surface area contributed by atoms with E-state index in [1.54, 1.807) is 38.3 Å². The van der Waals surface area contributed by atoms with Gasteiger partial charge in [-0.05, 0) is 65.9 Å². The van der Waals surface area contributed by atoms with Gasteiger partial charge in [0.2, 0.25) is 5.91 Å². The van der Waals surface area contributed by atoms with Gasteiger partial charge in [0.05, 0.1) is 33.3 Å². The molecule has 0 bridgehead atoms. The minimum atomic E-state index is -0.668. The van der Waals surface area contributed by atoms with E-state index in [1.807, 2.05) is 41.3 Å². The fourth-order valence-corrected chi connectivity index (χ4v) is 5.20. The molecule has 0 saturated carbocycles. The van der Waals surface area contributed by atoms with Crippen molar-refractivity contribution in [1.29, 1.82) is 0 Å². The van der Waals surface area contributed by atoms with E-state index in [-0.39, 0.29) is 11.8 Å². The van der Waals surface area contributed by atoms with Crippen LogP contribution in [0.25, 0.3) is 0 Å². The van der Waals surface area contributed by atoms with Gasteiger partial charge in [-0.2, -0.15) is 0 Å². The molecule has 0 N–H and O–H groups in total. The number of hydrogen-bond donors (Lipinski definition) is 0. The summed E-state index contributed by atoms with van der Waals surface area (Å²) in [6.45, 7) is 4.72. The third-order valence-corrected chi connectivity index (χ3v) is 7.27. The van der Waals surface area contributed by atoms with Gasteiger partial charge < -0.3 is 24.0 Å². The highest BCUT2D eigenvalue weighted by Crippen LogP contribution is 2.47. The first kappa shape index (κ1) is 27.0. The Morgan fingerprint density at radius 3 is 2.08 bits per heavy atom. The minimum Gasteiger partial charge on any atom is -0.497 e. The Morgan fingerprint density at radius 2 is 1.53 bits per heavy atom. The number of aryl methyl sites for hydroxylation is 1. The standard InChI is InChI=1S/C31H36N2O5/c1-7-17-33(22-13-9-20(8-2)10-14-22)31(35)28-24-18-26(37-5)27(38-6)19-25(24)30(34)32(3)29(28)21-11-15-23(36-4)16-12-21/h9-16,18-19,28-29H,7-8,17H2,1-6H3/t28-,29+/m0/s1. The molecule has 0 fully saturated rings. The van der Waals surface area contributed by atoms with Crippen LogP contribution >= 0.6 is 0 Å². The van der Waals surface area contributed by atoms with Crippen molar-refractivity contribution < 1.29 is 23.8 Å². The molecule has 200 valence electrons. The van der Waals surface area contributed by atoms with Gasteiger partial charge in [-0.1, -0.05) is 38.1 Å². The van der Waals surface area contributed by atoms with E-state index in [0.717, 1.165) is 24.1 Å². The van der Waals surface area contributed by atoms with Crippen molar-refractivity contribution in [3.63, 3.8) is 0 Å². The Balaban J connectivity index is 1.92. The molecule has 0 unspecified atom stereocenters. The van der Waals surface area contributed by atoms with E-state index in [9.17, 15) is 9.59 Å². The molecule has 1 aliphatic rings. The zero-order valence-corrected chi connectivity index (χ0v) is 23.0. The van der Waals surface area contributed by atoms with Gasteiger partial charge in [0.15, 0.2) is 11.5 Å². The molecular formula is C31H36N2O5. The van der Waals surface area contributed by atoms with Crippen molar-refractivity contribution in [3.05, 3.63) is 82.9 Å². The highest BCUT2D eigenvalue weighted by Gasteiger charge is 2.45. The molecule has 0 aromatic heterocycles. The van der Waals surface area contributed by atoms with Gasteiger partial charge in [-0.25, -0.2) is 0 Å². The number of likely N-dealkylation sites (N-methyl/N-ethyl adjacent to an activating group) is 1. The number of amides is 2. The number of ether oxygens (including phenoxy) is 3. The quantitative estimate of drug-likeness (QED) is 0.369. The first-order valence-corrected chi connectivity index (χ1v) is 13.0. The second kappa shape index (κ2) is 11.6. The highest BCUT2D eigenvalue weighted by atomic mass is 16.5. The largest absolute Gasteiger partial charge is 0.497 e. The first-order chi connectivity index (χ1) is 18.4. The van der Waals surface area contributed by atoms with Gasteiger partial charge >= 0.3 is 0 Å². The molecule has 38 heavy (non-hydrogen) atoms. The average Bonchev–Trinajstić information content (AvgIpc) is 2.96. The normalized spacial score (nSPS) is 16.6. The summed E-state index contributed by atoms with van der Waals surface area (Å²) in [5.41, 5.74) is 3.95. The van der Waals surface area contributed by atoms with Gasteiger partial charge in [-0.15, -0.1) is 0 Å². The summed E-state index contributed by atoms with van der Waals surface area (Å²) in [7, 11) is 6.45. The Morgan fingerprint density at radius 1 is 0.895 bits per heavy atom. The number of rotatable bonds is 9. The van der Waals surface area contributed by atoms with E-state index >= 15 is 0 Å². The average molecular weight is 517 g/mol. The van der Waals surface area contributed by atoms with Crippen LogP contribution < -0.4 is 19.1 Å². The lowest BCUT2D eigenvalue weighted by Crippen LogP contribution is -2.47. The van der Waals surface area contributed by atoms with Crippen molar-refractivity contribution in [2.45, 2.75) is 38.6 Å². The number of carbonyl (C=O) groups excluding carboxylic acids is 2. The van der Waals surface area contributed by atoms with Crippen LogP contribution in [-0.4, -0.2) is 51.6 Å². The summed E-state index contributed by atoms with van der Waals surface area (Å²) in [6.07, 6.45) is 1.71. The maximum Gasteiger partial charge on any atom is 0.254 e. The van der Waals surface area contributed by atoms with Crippen molar-refractivity contribution in [3.8, 4) is 17.2 Å². The van der Waals surface area contributed by atoms with E-state index in [1.165, 1.54) is 12.7 Å². The summed E-state index contributed by atoms with van der Waals surface area (Å²) in [4.78, 5) is 31.8. The number of anilines is 1. The lowest BCUT2D eigenvalue weighted by Gasteiger charge is -2.42. The van der Waals surface area contributed by atoms with Crippen LogP contribution in [0, 0.1) is 0 Å². The van der Waals surface area contributed by atoms with E-state index in [4.69, 9.17) is 14.2 Å². The molecule has 2 amide bonds. The molecular weight excluding hydrogens is 480 g/mol. The smallest absolute Gasteiger partial charge is 0.254 e. The first-order valence-electron chi connectivity index (χ1n) is 13.0. The fourth-order valence-electron chi connectivity index (χ4n) is 5.20. The van der Waals surface area contributed by atoms with Crippen LogP contribution in [0.15, 0.2) is 60.7 Å². The molecule has 7 nitrogen and oxygen atoms in total. The Labute approximate surface area is 224 Å². The maximum atomic E-state index is 14.6. The lowest BCUT2D eigenvalue weighted by atomic mass is 9.78. The second-order valence-electron chi connectivity index (χ2n) is 9.42. The van der Waals surface area contributed by atoms with Crippen LogP contribution in [0.5, 0.6) is 17.2 Å². The molecule has 7 heteroatoms. The summed E-state index contributed by atoms with van der Waals surface area (Å²) >= 11 is 0. The lowest BCUT2D eigenvalue weighted by molar-refractivity contribution is -0.121.